The fourth-order valence-corrected chi connectivity index (χ4v) is 2.53. The minimum Gasteiger partial charge on any atom is -0.478 e. The van der Waals surface area contributed by atoms with E-state index in [-0.39, 0.29) is 11.4 Å². The first-order valence-electron chi connectivity index (χ1n) is 6.79. The largest absolute Gasteiger partial charge is 0.478 e. The average molecular weight is 265 g/mol. The van der Waals surface area contributed by atoms with Crippen LogP contribution in [0.2, 0.25) is 0 Å². The zero-order valence-corrected chi connectivity index (χ0v) is 11.2. The number of nitrogens with one attached hydrogen (secondary N) is 1. The lowest BCUT2D eigenvalue weighted by Gasteiger charge is -2.15. The third-order valence-electron chi connectivity index (χ3n) is 3.85. The summed E-state index contributed by atoms with van der Waals surface area (Å²) in [5, 5.41) is 12.2. The predicted molar refractivity (Wildman–Crippen MR) is 71.6 cm³/mol. The molecule has 0 saturated heterocycles. The van der Waals surface area contributed by atoms with Crippen LogP contribution in [-0.4, -0.2) is 17.6 Å². The lowest BCUT2D eigenvalue weighted by atomic mass is 10.0. The van der Waals surface area contributed by atoms with Gasteiger partial charge in [-0.3, -0.25) is 0 Å². The van der Waals surface area contributed by atoms with Gasteiger partial charge in [0, 0.05) is 18.7 Å². The molecule has 0 heterocycles. The third kappa shape index (κ3) is 3.53. The summed E-state index contributed by atoms with van der Waals surface area (Å²) in [7, 11) is 0. The fraction of sp³-hybridized carbons (Fsp3) is 0.533. The van der Waals surface area contributed by atoms with Crippen molar-refractivity contribution in [2.24, 2.45) is 5.41 Å². The molecule has 0 unspecified atom stereocenters. The lowest BCUT2D eigenvalue weighted by Crippen LogP contribution is -2.24. The van der Waals surface area contributed by atoms with Crippen LogP contribution in [0.1, 0.15) is 48.5 Å². The summed E-state index contributed by atoms with van der Waals surface area (Å²) in [4.78, 5) is 10.8. The summed E-state index contributed by atoms with van der Waals surface area (Å²) in [6.07, 6.45) is 4.86. The Kier molecular flexibility index (Phi) is 4.20. The van der Waals surface area contributed by atoms with Crippen LogP contribution in [0, 0.1) is 11.2 Å². The molecular formula is C15H20FNO2. The van der Waals surface area contributed by atoms with E-state index in [4.69, 9.17) is 5.11 Å². The molecule has 0 atom stereocenters. The molecule has 1 aromatic carbocycles. The first kappa shape index (κ1) is 14.0. The van der Waals surface area contributed by atoms with E-state index in [1.807, 2.05) is 0 Å². The molecule has 1 fully saturated rings. The maximum Gasteiger partial charge on any atom is 0.335 e. The number of hydrogen-bond acceptors (Lipinski definition) is 2. The summed E-state index contributed by atoms with van der Waals surface area (Å²) >= 11 is 0. The van der Waals surface area contributed by atoms with Crippen molar-refractivity contribution in [3.05, 3.63) is 35.1 Å². The quantitative estimate of drug-likeness (QED) is 0.796. The Morgan fingerprint density at radius 3 is 2.79 bits per heavy atom. The van der Waals surface area contributed by atoms with E-state index in [0.717, 1.165) is 6.54 Å². The molecule has 0 radical (unpaired) electrons. The van der Waals surface area contributed by atoms with E-state index in [0.29, 0.717) is 17.5 Å². The van der Waals surface area contributed by atoms with Gasteiger partial charge >= 0.3 is 5.97 Å². The predicted octanol–water partition coefficient (Wildman–Crippen LogP) is 3.19. The minimum absolute atomic E-state index is 0.132. The van der Waals surface area contributed by atoms with Crippen molar-refractivity contribution >= 4 is 5.97 Å². The van der Waals surface area contributed by atoms with Crippen molar-refractivity contribution in [1.29, 1.82) is 0 Å². The molecule has 1 saturated carbocycles. The van der Waals surface area contributed by atoms with Gasteiger partial charge in [0.1, 0.15) is 5.82 Å². The third-order valence-corrected chi connectivity index (χ3v) is 3.85. The number of carboxylic acids is 1. The Morgan fingerprint density at radius 1 is 1.47 bits per heavy atom. The molecule has 1 aliphatic carbocycles. The molecule has 104 valence electrons. The van der Waals surface area contributed by atoms with Crippen LogP contribution in [-0.2, 0) is 6.54 Å². The molecule has 4 heteroatoms. The molecule has 0 amide bonds. The smallest absolute Gasteiger partial charge is 0.335 e. The average Bonchev–Trinajstić information content (AvgIpc) is 3.12. The number of carboxylic acid groups (broad SMARTS) is 1. The van der Waals surface area contributed by atoms with Gasteiger partial charge in [-0.15, -0.1) is 0 Å². The number of benzene rings is 1. The van der Waals surface area contributed by atoms with E-state index in [2.05, 4.69) is 12.2 Å². The van der Waals surface area contributed by atoms with E-state index < -0.39 is 5.97 Å². The topological polar surface area (TPSA) is 49.3 Å². The normalized spacial score (nSPS) is 16.3. The van der Waals surface area contributed by atoms with Crippen LogP contribution in [0.4, 0.5) is 4.39 Å². The van der Waals surface area contributed by atoms with E-state index in [1.54, 1.807) is 0 Å². The summed E-state index contributed by atoms with van der Waals surface area (Å²) < 4.78 is 13.6. The SMILES string of the molecule is CCCC1(CNCc2cc(C(=O)O)ccc2F)CC1. The molecule has 0 aromatic heterocycles. The summed E-state index contributed by atoms with van der Waals surface area (Å²) in [6, 6.07) is 3.92. The van der Waals surface area contributed by atoms with Crippen molar-refractivity contribution in [2.75, 3.05) is 6.54 Å². The summed E-state index contributed by atoms with van der Waals surface area (Å²) in [5.41, 5.74) is 0.968. The molecule has 1 aliphatic rings. The molecule has 0 spiro atoms. The highest BCUT2D eigenvalue weighted by atomic mass is 19.1. The van der Waals surface area contributed by atoms with Crippen LogP contribution < -0.4 is 5.32 Å². The van der Waals surface area contributed by atoms with Gasteiger partial charge in [-0.2, -0.15) is 0 Å². The summed E-state index contributed by atoms with van der Waals surface area (Å²) in [6.45, 7) is 3.45. The molecular weight excluding hydrogens is 245 g/mol. The van der Waals surface area contributed by atoms with Gasteiger partial charge in [0.25, 0.3) is 0 Å². The Labute approximate surface area is 112 Å². The maximum absolute atomic E-state index is 13.6. The Balaban J connectivity index is 1.92. The number of carbonyl (C=O) groups is 1. The second-order valence-corrected chi connectivity index (χ2v) is 5.46. The van der Waals surface area contributed by atoms with Gasteiger partial charge in [0.05, 0.1) is 5.56 Å². The van der Waals surface area contributed by atoms with Gasteiger partial charge in [-0.25, -0.2) is 9.18 Å². The molecule has 3 nitrogen and oxygen atoms in total. The maximum atomic E-state index is 13.6. The van der Waals surface area contributed by atoms with Gasteiger partial charge in [0.2, 0.25) is 0 Å². The van der Waals surface area contributed by atoms with Crippen molar-refractivity contribution in [3.8, 4) is 0 Å². The van der Waals surface area contributed by atoms with Gasteiger partial charge < -0.3 is 10.4 Å². The molecule has 19 heavy (non-hydrogen) atoms. The second-order valence-electron chi connectivity index (χ2n) is 5.46. The van der Waals surface area contributed by atoms with E-state index in [9.17, 15) is 9.18 Å². The number of rotatable bonds is 7. The number of hydrogen-bond donors (Lipinski definition) is 2. The van der Waals surface area contributed by atoms with Crippen LogP contribution in [0.25, 0.3) is 0 Å². The van der Waals surface area contributed by atoms with Gasteiger partial charge in [-0.1, -0.05) is 13.3 Å². The molecule has 2 N–H and O–H groups in total. The molecule has 2 rings (SSSR count). The highest BCUT2D eigenvalue weighted by Gasteiger charge is 2.40. The Bertz CT molecular complexity index is 469. The Hall–Kier alpha value is -1.42. The zero-order chi connectivity index (χ0) is 13.9. The zero-order valence-electron chi connectivity index (χ0n) is 11.2. The number of halogens is 1. The van der Waals surface area contributed by atoms with Crippen LogP contribution in [0.5, 0.6) is 0 Å². The second kappa shape index (κ2) is 5.70. The first-order valence-corrected chi connectivity index (χ1v) is 6.79. The fourth-order valence-electron chi connectivity index (χ4n) is 2.53. The molecule has 1 aromatic rings. The number of aromatic carboxylic acids is 1. The highest BCUT2D eigenvalue weighted by Crippen LogP contribution is 2.48. The van der Waals surface area contributed by atoms with Crippen molar-refractivity contribution in [2.45, 2.75) is 39.2 Å². The molecule has 0 bridgehead atoms. The van der Waals surface area contributed by atoms with Crippen LogP contribution >= 0.6 is 0 Å². The Morgan fingerprint density at radius 2 is 2.21 bits per heavy atom. The van der Waals surface area contributed by atoms with E-state index in [1.165, 1.54) is 43.9 Å². The standard InChI is InChI=1S/C15H20FNO2/c1-2-5-15(6-7-15)10-17-9-12-8-11(14(18)19)3-4-13(12)16/h3-4,8,17H,2,5-7,9-10H2,1H3,(H,18,19). The summed E-state index contributed by atoms with van der Waals surface area (Å²) in [5.74, 6) is -1.37. The monoisotopic (exact) mass is 265 g/mol. The van der Waals surface area contributed by atoms with Gasteiger partial charge in [-0.05, 0) is 42.9 Å². The highest BCUT2D eigenvalue weighted by molar-refractivity contribution is 5.87. The van der Waals surface area contributed by atoms with Crippen molar-refractivity contribution in [3.63, 3.8) is 0 Å². The van der Waals surface area contributed by atoms with E-state index >= 15 is 0 Å². The van der Waals surface area contributed by atoms with Crippen LogP contribution in [0.15, 0.2) is 18.2 Å². The van der Waals surface area contributed by atoms with Crippen molar-refractivity contribution < 1.29 is 14.3 Å². The minimum atomic E-state index is -1.02. The first-order chi connectivity index (χ1) is 9.06. The molecule has 0 aliphatic heterocycles. The van der Waals surface area contributed by atoms with Crippen LogP contribution in [0.3, 0.4) is 0 Å². The van der Waals surface area contributed by atoms with Crippen molar-refractivity contribution in [1.82, 2.24) is 5.32 Å². The lowest BCUT2D eigenvalue weighted by molar-refractivity contribution is 0.0696. The van der Waals surface area contributed by atoms with Gasteiger partial charge in [0.15, 0.2) is 0 Å².